The minimum atomic E-state index is -4.71. The summed E-state index contributed by atoms with van der Waals surface area (Å²) in [6.45, 7) is 0. The fourth-order valence-corrected chi connectivity index (χ4v) is 2.85. The van der Waals surface area contributed by atoms with E-state index >= 15 is 0 Å². The molecule has 0 spiro atoms. The van der Waals surface area contributed by atoms with Gasteiger partial charge in [-0.1, -0.05) is 0 Å². The fourth-order valence-electron chi connectivity index (χ4n) is 1.22. The van der Waals surface area contributed by atoms with Crippen LogP contribution in [0.3, 0.4) is 0 Å². The number of rotatable bonds is 3. The van der Waals surface area contributed by atoms with Crippen molar-refractivity contribution >= 4 is 54.0 Å². The highest BCUT2D eigenvalue weighted by Crippen LogP contribution is 2.33. The van der Waals surface area contributed by atoms with E-state index in [1.807, 2.05) is 0 Å². The summed E-state index contributed by atoms with van der Waals surface area (Å²) in [5, 5.41) is 5.38. The highest BCUT2D eigenvalue weighted by Gasteiger charge is 2.31. The lowest BCUT2D eigenvalue weighted by atomic mass is 10.3. The zero-order chi connectivity index (χ0) is 14.0. The summed E-state index contributed by atoms with van der Waals surface area (Å²) in [7, 11) is 0. The van der Waals surface area contributed by atoms with E-state index in [9.17, 15) is 13.2 Å². The third-order valence-corrected chi connectivity index (χ3v) is 3.97. The number of hydrogen-bond acceptors (Lipinski definition) is 4. The van der Waals surface area contributed by atoms with Crippen molar-refractivity contribution in [2.24, 2.45) is 0 Å². The number of thiazole rings is 1. The van der Waals surface area contributed by atoms with Gasteiger partial charge in [0.1, 0.15) is 10.4 Å². The lowest BCUT2D eigenvalue weighted by Crippen LogP contribution is -2.17. The van der Waals surface area contributed by atoms with Crippen molar-refractivity contribution in [1.82, 2.24) is 4.98 Å². The first-order valence-corrected chi connectivity index (χ1v) is 7.23. The van der Waals surface area contributed by atoms with Crippen LogP contribution in [0.25, 0.3) is 0 Å². The molecule has 0 radical (unpaired) electrons. The van der Waals surface area contributed by atoms with Crippen LogP contribution in [0.1, 0.15) is 0 Å². The van der Waals surface area contributed by atoms with Gasteiger partial charge < -0.3 is 10.1 Å². The summed E-state index contributed by atoms with van der Waals surface area (Å²) in [6, 6.07) is 4.18. The van der Waals surface area contributed by atoms with E-state index in [-0.39, 0.29) is 10.2 Å². The third-order valence-electron chi connectivity index (χ3n) is 1.88. The number of hydrogen-bond donors (Lipinski definition) is 1. The van der Waals surface area contributed by atoms with Gasteiger partial charge in [0.2, 0.25) is 0 Å². The van der Waals surface area contributed by atoms with Crippen LogP contribution in [0.4, 0.5) is 24.0 Å². The standard InChI is InChI=1S/C10H5Br2F3N2OS/c11-6-3-5(16-9-17-8(12)4-19-9)1-2-7(6)18-10(13,14)15/h1-4H,(H,16,17). The predicted octanol–water partition coefficient (Wildman–Crippen LogP) is 5.31. The van der Waals surface area contributed by atoms with Crippen LogP contribution in [0, 0.1) is 0 Å². The summed E-state index contributed by atoms with van der Waals surface area (Å²) in [4.78, 5) is 4.11. The predicted molar refractivity (Wildman–Crippen MR) is 73.9 cm³/mol. The summed E-state index contributed by atoms with van der Waals surface area (Å²) in [6.07, 6.45) is -4.71. The Kier molecular flexibility index (Phi) is 4.36. The first-order valence-electron chi connectivity index (χ1n) is 4.77. The number of ether oxygens (including phenoxy) is 1. The van der Waals surface area contributed by atoms with Gasteiger partial charge in [-0.25, -0.2) is 4.98 Å². The molecule has 1 heterocycles. The Hall–Kier alpha value is -0.800. The molecule has 0 aliphatic carbocycles. The number of halogens is 5. The van der Waals surface area contributed by atoms with Crippen molar-refractivity contribution in [3.63, 3.8) is 0 Å². The molecule has 0 saturated carbocycles. The molecule has 2 aromatic rings. The SMILES string of the molecule is FC(F)(F)Oc1ccc(Nc2nc(Br)cs2)cc1Br. The molecule has 1 aromatic carbocycles. The largest absolute Gasteiger partial charge is 0.573 e. The first-order chi connectivity index (χ1) is 8.83. The van der Waals surface area contributed by atoms with Crippen LogP contribution in [0.15, 0.2) is 32.7 Å². The topological polar surface area (TPSA) is 34.1 Å². The molecule has 0 unspecified atom stereocenters. The van der Waals surface area contributed by atoms with E-state index in [4.69, 9.17) is 0 Å². The van der Waals surface area contributed by atoms with Gasteiger partial charge in [-0.3, -0.25) is 0 Å². The normalized spacial score (nSPS) is 11.4. The van der Waals surface area contributed by atoms with Crippen LogP contribution in [0.5, 0.6) is 5.75 Å². The second kappa shape index (κ2) is 5.68. The number of aromatic nitrogens is 1. The van der Waals surface area contributed by atoms with Crippen molar-refractivity contribution < 1.29 is 17.9 Å². The molecular formula is C10H5Br2F3N2OS. The van der Waals surface area contributed by atoms with E-state index in [0.29, 0.717) is 15.4 Å². The molecule has 0 aliphatic heterocycles. The molecule has 2 rings (SSSR count). The van der Waals surface area contributed by atoms with E-state index in [2.05, 4.69) is 46.9 Å². The van der Waals surface area contributed by atoms with E-state index in [1.54, 1.807) is 5.38 Å². The lowest BCUT2D eigenvalue weighted by Gasteiger charge is -2.11. The number of nitrogens with one attached hydrogen (secondary N) is 1. The van der Waals surface area contributed by atoms with Gasteiger partial charge in [0.25, 0.3) is 0 Å². The Morgan fingerprint density at radius 3 is 2.53 bits per heavy atom. The molecule has 0 saturated heterocycles. The Morgan fingerprint density at radius 2 is 2.00 bits per heavy atom. The molecular weight excluding hydrogens is 413 g/mol. The molecule has 1 N–H and O–H groups in total. The maximum Gasteiger partial charge on any atom is 0.573 e. The van der Waals surface area contributed by atoms with Crippen LogP contribution in [-0.4, -0.2) is 11.3 Å². The maximum absolute atomic E-state index is 12.1. The lowest BCUT2D eigenvalue weighted by molar-refractivity contribution is -0.274. The fraction of sp³-hybridized carbons (Fsp3) is 0.100. The molecule has 9 heteroatoms. The van der Waals surface area contributed by atoms with Crippen LogP contribution < -0.4 is 10.1 Å². The molecule has 102 valence electrons. The highest BCUT2D eigenvalue weighted by molar-refractivity contribution is 9.10. The minimum absolute atomic E-state index is 0.199. The average Bonchev–Trinajstić information content (AvgIpc) is 2.66. The van der Waals surface area contributed by atoms with E-state index in [0.717, 1.165) is 0 Å². The van der Waals surface area contributed by atoms with Gasteiger partial charge in [-0.05, 0) is 50.1 Å². The Balaban J connectivity index is 2.14. The van der Waals surface area contributed by atoms with Crippen molar-refractivity contribution in [3.05, 3.63) is 32.7 Å². The second-order valence-corrected chi connectivity index (χ2v) is 5.82. The molecule has 0 aliphatic rings. The Morgan fingerprint density at radius 1 is 1.26 bits per heavy atom. The third kappa shape index (κ3) is 4.36. The van der Waals surface area contributed by atoms with Crippen molar-refractivity contribution in [2.45, 2.75) is 6.36 Å². The van der Waals surface area contributed by atoms with Crippen LogP contribution >= 0.6 is 43.2 Å². The van der Waals surface area contributed by atoms with Gasteiger partial charge in [0.15, 0.2) is 5.13 Å². The van der Waals surface area contributed by atoms with E-state index < -0.39 is 6.36 Å². The Labute approximate surface area is 127 Å². The minimum Gasteiger partial charge on any atom is -0.405 e. The van der Waals surface area contributed by atoms with Crippen LogP contribution in [0.2, 0.25) is 0 Å². The summed E-state index contributed by atoms with van der Waals surface area (Å²) >= 11 is 7.61. The summed E-state index contributed by atoms with van der Waals surface area (Å²) in [5.74, 6) is -0.293. The number of anilines is 2. The molecule has 19 heavy (non-hydrogen) atoms. The zero-order valence-electron chi connectivity index (χ0n) is 8.96. The molecule has 0 fully saturated rings. The van der Waals surface area contributed by atoms with E-state index in [1.165, 1.54) is 29.5 Å². The average molecular weight is 418 g/mol. The number of alkyl halides is 3. The van der Waals surface area contributed by atoms with Gasteiger partial charge in [-0.15, -0.1) is 24.5 Å². The number of benzene rings is 1. The van der Waals surface area contributed by atoms with Gasteiger partial charge in [0, 0.05) is 11.1 Å². The molecule has 0 amide bonds. The molecule has 3 nitrogen and oxygen atoms in total. The quantitative estimate of drug-likeness (QED) is 0.734. The molecule has 0 atom stereocenters. The van der Waals surface area contributed by atoms with Crippen molar-refractivity contribution in [3.8, 4) is 5.75 Å². The molecule has 1 aromatic heterocycles. The highest BCUT2D eigenvalue weighted by atomic mass is 79.9. The van der Waals surface area contributed by atoms with Gasteiger partial charge >= 0.3 is 6.36 Å². The smallest absolute Gasteiger partial charge is 0.405 e. The maximum atomic E-state index is 12.1. The summed E-state index contributed by atoms with van der Waals surface area (Å²) < 4.78 is 41.0. The number of nitrogens with zero attached hydrogens (tertiary/aromatic N) is 1. The van der Waals surface area contributed by atoms with Crippen LogP contribution in [-0.2, 0) is 0 Å². The zero-order valence-corrected chi connectivity index (χ0v) is 13.0. The monoisotopic (exact) mass is 416 g/mol. The Bertz CT molecular complexity index is 588. The molecule has 0 bridgehead atoms. The van der Waals surface area contributed by atoms with Gasteiger partial charge in [0.05, 0.1) is 4.47 Å². The second-order valence-electron chi connectivity index (χ2n) is 3.29. The summed E-state index contributed by atoms with van der Waals surface area (Å²) in [5.41, 5.74) is 0.600. The van der Waals surface area contributed by atoms with Gasteiger partial charge in [-0.2, -0.15) is 0 Å². The first kappa shape index (κ1) is 14.6. The van der Waals surface area contributed by atoms with Crippen molar-refractivity contribution in [1.29, 1.82) is 0 Å². The van der Waals surface area contributed by atoms with Crippen molar-refractivity contribution in [2.75, 3.05) is 5.32 Å².